The van der Waals surface area contributed by atoms with E-state index in [4.69, 9.17) is 4.74 Å². The highest BCUT2D eigenvalue weighted by molar-refractivity contribution is 5.67. The lowest BCUT2D eigenvalue weighted by Crippen LogP contribution is -2.44. The first-order valence-corrected chi connectivity index (χ1v) is 6.82. The Bertz CT molecular complexity index is 449. The quantitative estimate of drug-likeness (QED) is 0.900. The lowest BCUT2D eigenvalue weighted by atomic mass is 9.70. The number of fused-ring (bicyclic) bond motifs is 1. The summed E-state index contributed by atoms with van der Waals surface area (Å²) in [7, 11) is 1.83. The Hall–Kier alpha value is -1.55. The second kappa shape index (κ2) is 4.85. The normalized spacial score (nSPS) is 27.7. The zero-order chi connectivity index (χ0) is 13.3. The summed E-state index contributed by atoms with van der Waals surface area (Å²) in [5.41, 5.74) is 1.33. The molecule has 1 amide bonds. The maximum absolute atomic E-state index is 11.9. The van der Waals surface area contributed by atoms with Gasteiger partial charge in [-0.15, -0.1) is 0 Å². The molecule has 102 valence electrons. The molecule has 0 unspecified atom stereocenters. The Morgan fingerprint density at radius 3 is 2.79 bits per heavy atom. The number of carbonyl (C=O) groups excluding carboxylic acids is 1. The Morgan fingerprint density at radius 1 is 1.42 bits per heavy atom. The molecular formula is C15H20N2O2. The molecule has 3 fully saturated rings. The van der Waals surface area contributed by atoms with E-state index in [0.29, 0.717) is 18.1 Å². The number of hydrogen-bond donors (Lipinski definition) is 1. The van der Waals surface area contributed by atoms with Crippen molar-refractivity contribution in [1.29, 1.82) is 0 Å². The summed E-state index contributed by atoms with van der Waals surface area (Å²) in [5, 5.41) is 3.46. The van der Waals surface area contributed by atoms with Gasteiger partial charge in [0.25, 0.3) is 0 Å². The molecule has 0 spiro atoms. The topological polar surface area (TPSA) is 41.6 Å². The highest BCUT2D eigenvalue weighted by atomic mass is 16.6. The molecule has 4 heteroatoms. The lowest BCUT2D eigenvalue weighted by Gasteiger charge is -2.39. The van der Waals surface area contributed by atoms with Gasteiger partial charge in [0.1, 0.15) is 6.61 Å². The SMILES string of the molecule is CN(CC12CNC(C1)C2)C(=O)OCc1ccccc1. The Balaban J connectivity index is 1.47. The summed E-state index contributed by atoms with van der Waals surface area (Å²) >= 11 is 0. The van der Waals surface area contributed by atoms with Crippen molar-refractivity contribution in [3.63, 3.8) is 0 Å². The Kier molecular flexibility index (Phi) is 3.19. The van der Waals surface area contributed by atoms with Gasteiger partial charge < -0.3 is 15.0 Å². The fraction of sp³-hybridized carbons (Fsp3) is 0.533. The minimum absolute atomic E-state index is 0.228. The maximum Gasteiger partial charge on any atom is 0.409 e. The van der Waals surface area contributed by atoms with Crippen molar-refractivity contribution >= 4 is 6.09 Å². The van der Waals surface area contributed by atoms with E-state index in [1.165, 1.54) is 12.8 Å². The van der Waals surface area contributed by atoms with Gasteiger partial charge in [-0.25, -0.2) is 4.79 Å². The molecule has 1 N–H and O–H groups in total. The van der Waals surface area contributed by atoms with E-state index in [1.807, 2.05) is 37.4 Å². The zero-order valence-electron chi connectivity index (χ0n) is 11.3. The van der Waals surface area contributed by atoms with Gasteiger partial charge in [-0.3, -0.25) is 0 Å². The summed E-state index contributed by atoms with van der Waals surface area (Å²) in [4.78, 5) is 13.7. The van der Waals surface area contributed by atoms with E-state index in [-0.39, 0.29) is 6.09 Å². The van der Waals surface area contributed by atoms with Crippen LogP contribution in [0.2, 0.25) is 0 Å². The van der Waals surface area contributed by atoms with Crippen LogP contribution in [0.15, 0.2) is 30.3 Å². The molecule has 0 aromatic heterocycles. The molecule has 0 radical (unpaired) electrons. The van der Waals surface area contributed by atoms with Crippen LogP contribution in [0.25, 0.3) is 0 Å². The highest BCUT2D eigenvalue weighted by Crippen LogP contribution is 2.46. The molecule has 1 aromatic carbocycles. The molecule has 19 heavy (non-hydrogen) atoms. The molecule has 4 rings (SSSR count). The van der Waals surface area contributed by atoms with Crippen LogP contribution in [0.3, 0.4) is 0 Å². The number of nitrogens with one attached hydrogen (secondary N) is 1. The van der Waals surface area contributed by atoms with Crippen LogP contribution in [0.1, 0.15) is 18.4 Å². The molecule has 1 aliphatic carbocycles. The summed E-state index contributed by atoms with van der Waals surface area (Å²) in [5.74, 6) is 0. The van der Waals surface area contributed by atoms with Crippen molar-refractivity contribution in [3.05, 3.63) is 35.9 Å². The van der Waals surface area contributed by atoms with Crippen LogP contribution in [-0.4, -0.2) is 37.2 Å². The molecule has 2 bridgehead atoms. The van der Waals surface area contributed by atoms with Gasteiger partial charge in [-0.05, 0) is 18.4 Å². The third-order valence-corrected chi connectivity index (χ3v) is 4.21. The minimum Gasteiger partial charge on any atom is -0.445 e. The van der Waals surface area contributed by atoms with Crippen LogP contribution < -0.4 is 5.32 Å². The van der Waals surface area contributed by atoms with E-state index in [2.05, 4.69) is 5.32 Å². The maximum atomic E-state index is 11.9. The number of carbonyl (C=O) groups is 1. The van der Waals surface area contributed by atoms with E-state index in [0.717, 1.165) is 18.7 Å². The second-order valence-electron chi connectivity index (χ2n) is 5.88. The first kappa shape index (κ1) is 12.5. The van der Waals surface area contributed by atoms with Crippen LogP contribution in [0.5, 0.6) is 0 Å². The van der Waals surface area contributed by atoms with Gasteiger partial charge in [0.05, 0.1) is 0 Å². The summed E-state index contributed by atoms with van der Waals surface area (Å²) in [6, 6.07) is 10.5. The van der Waals surface area contributed by atoms with Gasteiger partial charge in [0.15, 0.2) is 0 Å². The largest absolute Gasteiger partial charge is 0.445 e. The van der Waals surface area contributed by atoms with Gasteiger partial charge in [-0.2, -0.15) is 0 Å². The standard InChI is InChI=1S/C15H20N2O2/c1-17(11-15-7-13(8-15)16-10-15)14(18)19-9-12-5-3-2-4-6-12/h2-6,13,16H,7-11H2,1H3. The number of amides is 1. The van der Waals surface area contributed by atoms with Gasteiger partial charge in [0, 0.05) is 31.6 Å². The second-order valence-corrected chi connectivity index (χ2v) is 5.88. The molecule has 1 saturated carbocycles. The van der Waals surface area contributed by atoms with Crippen molar-refractivity contribution in [3.8, 4) is 0 Å². The van der Waals surface area contributed by atoms with Crippen LogP contribution in [0, 0.1) is 5.41 Å². The number of ether oxygens (including phenoxy) is 1. The Morgan fingerprint density at radius 2 is 2.16 bits per heavy atom. The van der Waals surface area contributed by atoms with Crippen molar-refractivity contribution in [2.24, 2.45) is 5.41 Å². The smallest absolute Gasteiger partial charge is 0.409 e. The highest BCUT2D eigenvalue weighted by Gasteiger charge is 2.51. The summed E-state index contributed by atoms with van der Waals surface area (Å²) in [6.45, 7) is 2.18. The molecule has 2 heterocycles. The van der Waals surface area contributed by atoms with Crippen molar-refractivity contribution in [1.82, 2.24) is 10.2 Å². The van der Waals surface area contributed by atoms with Crippen molar-refractivity contribution in [2.75, 3.05) is 20.1 Å². The zero-order valence-corrected chi connectivity index (χ0v) is 11.3. The van der Waals surface area contributed by atoms with Gasteiger partial charge in [-0.1, -0.05) is 30.3 Å². The van der Waals surface area contributed by atoms with Crippen LogP contribution >= 0.6 is 0 Å². The number of hydrogen-bond acceptors (Lipinski definition) is 3. The van der Waals surface area contributed by atoms with E-state index in [9.17, 15) is 4.79 Å². The molecule has 3 aliphatic rings. The van der Waals surface area contributed by atoms with E-state index >= 15 is 0 Å². The lowest BCUT2D eigenvalue weighted by molar-refractivity contribution is 0.0746. The number of benzene rings is 1. The summed E-state index contributed by atoms with van der Waals surface area (Å²) in [6.07, 6.45) is 2.17. The molecule has 0 atom stereocenters. The molecule has 1 aromatic rings. The third kappa shape index (κ3) is 2.59. The van der Waals surface area contributed by atoms with E-state index in [1.54, 1.807) is 4.90 Å². The first-order valence-electron chi connectivity index (χ1n) is 6.82. The third-order valence-electron chi connectivity index (χ3n) is 4.21. The number of nitrogens with zero attached hydrogens (tertiary/aromatic N) is 1. The fourth-order valence-corrected chi connectivity index (χ4v) is 3.22. The van der Waals surface area contributed by atoms with Gasteiger partial charge in [0.2, 0.25) is 0 Å². The van der Waals surface area contributed by atoms with Crippen LogP contribution in [0.4, 0.5) is 4.79 Å². The summed E-state index contributed by atoms with van der Waals surface area (Å²) < 4.78 is 5.33. The van der Waals surface area contributed by atoms with E-state index < -0.39 is 0 Å². The van der Waals surface area contributed by atoms with Crippen molar-refractivity contribution < 1.29 is 9.53 Å². The molecule has 2 saturated heterocycles. The predicted molar refractivity (Wildman–Crippen MR) is 72.7 cm³/mol. The van der Waals surface area contributed by atoms with Crippen LogP contribution in [-0.2, 0) is 11.3 Å². The minimum atomic E-state index is -0.228. The Labute approximate surface area is 113 Å². The average Bonchev–Trinajstić information content (AvgIpc) is 2.97. The molecule has 2 aliphatic heterocycles. The molecular weight excluding hydrogens is 240 g/mol. The monoisotopic (exact) mass is 260 g/mol. The fourth-order valence-electron chi connectivity index (χ4n) is 3.22. The van der Waals surface area contributed by atoms with Gasteiger partial charge >= 0.3 is 6.09 Å². The van der Waals surface area contributed by atoms with Crippen molar-refractivity contribution in [2.45, 2.75) is 25.5 Å². The average molecular weight is 260 g/mol. The number of rotatable bonds is 4. The predicted octanol–water partition coefficient (Wildman–Crippen LogP) is 2.01. The molecule has 4 nitrogen and oxygen atoms in total. The first-order chi connectivity index (χ1) is 9.17.